The van der Waals surface area contributed by atoms with Crippen molar-refractivity contribution < 1.29 is 14.3 Å². The predicted molar refractivity (Wildman–Crippen MR) is 115 cm³/mol. The summed E-state index contributed by atoms with van der Waals surface area (Å²) in [5.74, 6) is -0.0939. The summed E-state index contributed by atoms with van der Waals surface area (Å²) >= 11 is 3.55. The third-order valence-corrected chi connectivity index (χ3v) is 7.02. The van der Waals surface area contributed by atoms with Gasteiger partial charge in [0.25, 0.3) is 0 Å². The Kier molecular flexibility index (Phi) is 6.41. The van der Waals surface area contributed by atoms with Gasteiger partial charge < -0.3 is 14.5 Å². The number of ether oxygens (including phenoxy) is 1. The third kappa shape index (κ3) is 4.37. The SMILES string of the molecule is CCCCOC(=O)N1CC2(CC(n3nc(C(=O)C=C(C)N(C)C)c(Br)c3C)C2)C1. The van der Waals surface area contributed by atoms with E-state index in [0.29, 0.717) is 12.3 Å². The molecule has 8 heteroatoms. The number of ketones is 1. The summed E-state index contributed by atoms with van der Waals surface area (Å²) in [5.41, 5.74) is 2.50. The highest BCUT2D eigenvalue weighted by molar-refractivity contribution is 9.10. The fourth-order valence-electron chi connectivity index (χ4n) is 4.06. The first kappa shape index (κ1) is 21.9. The molecule has 0 N–H and O–H groups in total. The van der Waals surface area contributed by atoms with Crippen molar-refractivity contribution in [3.8, 4) is 0 Å². The lowest BCUT2D eigenvalue weighted by atomic mass is 9.61. The second-order valence-corrected chi connectivity index (χ2v) is 9.42. The Morgan fingerprint density at radius 1 is 1.34 bits per heavy atom. The van der Waals surface area contributed by atoms with E-state index in [2.05, 4.69) is 28.0 Å². The minimum Gasteiger partial charge on any atom is -0.449 e. The van der Waals surface area contributed by atoms with Crippen LogP contribution in [0.15, 0.2) is 16.2 Å². The second kappa shape index (κ2) is 8.50. The van der Waals surface area contributed by atoms with E-state index < -0.39 is 0 Å². The van der Waals surface area contributed by atoms with E-state index in [-0.39, 0.29) is 23.3 Å². The number of nitrogens with zero attached hydrogens (tertiary/aromatic N) is 4. The fraction of sp³-hybridized carbons (Fsp3) is 0.667. The van der Waals surface area contributed by atoms with Crippen molar-refractivity contribution in [1.29, 1.82) is 0 Å². The number of allylic oxidation sites excluding steroid dienone is 2. The molecule has 29 heavy (non-hydrogen) atoms. The minimum atomic E-state index is -0.193. The summed E-state index contributed by atoms with van der Waals surface area (Å²) in [6, 6.07) is 0.269. The van der Waals surface area contributed by atoms with Gasteiger partial charge in [0.1, 0.15) is 5.69 Å². The number of hydrogen-bond donors (Lipinski definition) is 0. The highest BCUT2D eigenvalue weighted by Gasteiger charge is 2.55. The van der Waals surface area contributed by atoms with Gasteiger partial charge in [0.2, 0.25) is 5.78 Å². The first-order chi connectivity index (χ1) is 13.7. The number of amides is 1. The Morgan fingerprint density at radius 3 is 2.59 bits per heavy atom. The Bertz CT molecular complexity index is 816. The summed E-state index contributed by atoms with van der Waals surface area (Å²) in [6.45, 7) is 7.98. The largest absolute Gasteiger partial charge is 0.449 e. The van der Waals surface area contributed by atoms with E-state index in [1.165, 1.54) is 0 Å². The first-order valence-corrected chi connectivity index (χ1v) is 11.0. The summed E-state index contributed by atoms with van der Waals surface area (Å²) < 4.78 is 8.03. The van der Waals surface area contributed by atoms with Gasteiger partial charge >= 0.3 is 6.09 Å². The number of likely N-dealkylation sites (tertiary alicyclic amines) is 1. The van der Waals surface area contributed by atoms with E-state index in [4.69, 9.17) is 4.74 Å². The molecule has 0 radical (unpaired) electrons. The maximum absolute atomic E-state index is 12.6. The smallest absolute Gasteiger partial charge is 0.409 e. The van der Waals surface area contributed by atoms with Crippen LogP contribution in [0.25, 0.3) is 0 Å². The van der Waals surface area contributed by atoms with Crippen LogP contribution in [-0.2, 0) is 4.74 Å². The van der Waals surface area contributed by atoms with Crippen LogP contribution in [0.1, 0.15) is 61.8 Å². The number of aromatic nitrogens is 2. The molecule has 0 unspecified atom stereocenters. The lowest BCUT2D eigenvalue weighted by Crippen LogP contribution is -2.64. The maximum Gasteiger partial charge on any atom is 0.409 e. The van der Waals surface area contributed by atoms with Gasteiger partial charge in [-0.05, 0) is 49.0 Å². The van der Waals surface area contributed by atoms with Crippen LogP contribution < -0.4 is 0 Å². The fourth-order valence-corrected chi connectivity index (χ4v) is 4.51. The quantitative estimate of drug-likeness (QED) is 0.342. The molecular formula is C21H31BrN4O3. The van der Waals surface area contributed by atoms with Crippen molar-refractivity contribution in [2.24, 2.45) is 5.41 Å². The zero-order valence-corrected chi connectivity index (χ0v) is 19.6. The summed E-state index contributed by atoms with van der Waals surface area (Å²) in [5, 5.41) is 4.62. The van der Waals surface area contributed by atoms with Crippen LogP contribution in [0.5, 0.6) is 0 Å². The molecule has 0 aromatic carbocycles. The first-order valence-electron chi connectivity index (χ1n) is 10.2. The summed E-state index contributed by atoms with van der Waals surface area (Å²) in [4.78, 5) is 28.4. The van der Waals surface area contributed by atoms with Crippen LogP contribution in [0.2, 0.25) is 0 Å². The van der Waals surface area contributed by atoms with E-state index in [9.17, 15) is 9.59 Å². The molecule has 1 aromatic heterocycles. The predicted octanol–water partition coefficient (Wildman–Crippen LogP) is 4.18. The molecule has 2 heterocycles. The van der Waals surface area contributed by atoms with Crippen LogP contribution in [0.4, 0.5) is 4.79 Å². The lowest BCUT2D eigenvalue weighted by molar-refractivity contribution is -0.0826. The van der Waals surface area contributed by atoms with Gasteiger partial charge in [-0.25, -0.2) is 4.79 Å². The molecular weight excluding hydrogens is 436 g/mol. The topological polar surface area (TPSA) is 67.7 Å². The van der Waals surface area contributed by atoms with Crippen molar-refractivity contribution in [1.82, 2.24) is 19.6 Å². The summed E-state index contributed by atoms with van der Waals surface area (Å²) in [7, 11) is 3.82. The van der Waals surface area contributed by atoms with Crippen molar-refractivity contribution in [2.75, 3.05) is 33.8 Å². The number of carbonyl (C=O) groups excluding carboxylic acids is 2. The standard InChI is InChI=1S/C21H31BrN4O3/c1-6-7-8-29-20(28)25-12-21(13-25)10-16(11-21)26-15(3)18(22)19(23-26)17(27)9-14(2)24(4)5/h9,16H,6-8,10-13H2,1-5H3. The second-order valence-electron chi connectivity index (χ2n) is 8.62. The van der Waals surface area contributed by atoms with Crippen molar-refractivity contribution >= 4 is 27.8 Å². The molecule has 0 bridgehead atoms. The molecule has 1 aliphatic carbocycles. The van der Waals surface area contributed by atoms with Gasteiger partial charge in [-0.1, -0.05) is 13.3 Å². The number of unbranched alkanes of at least 4 members (excludes halogenated alkanes) is 1. The molecule has 160 valence electrons. The van der Waals surface area contributed by atoms with Crippen LogP contribution in [0, 0.1) is 12.3 Å². The molecule has 2 fully saturated rings. The van der Waals surface area contributed by atoms with Crippen LogP contribution in [0.3, 0.4) is 0 Å². The minimum absolute atomic E-state index is 0.0939. The number of halogens is 1. The molecule has 1 saturated heterocycles. The zero-order valence-electron chi connectivity index (χ0n) is 18.0. The molecule has 0 atom stereocenters. The molecule has 3 rings (SSSR count). The number of rotatable bonds is 7. The van der Waals surface area contributed by atoms with Gasteiger partial charge in [0.05, 0.1) is 22.8 Å². The molecule has 1 saturated carbocycles. The van der Waals surface area contributed by atoms with Crippen molar-refractivity contribution in [3.05, 3.63) is 27.6 Å². The maximum atomic E-state index is 12.6. The van der Waals surface area contributed by atoms with Gasteiger partial charge in [0, 0.05) is 44.4 Å². The third-order valence-electron chi connectivity index (χ3n) is 6.07. The van der Waals surface area contributed by atoms with E-state index in [1.54, 1.807) is 11.0 Å². The van der Waals surface area contributed by atoms with Crippen molar-refractivity contribution in [3.63, 3.8) is 0 Å². The molecule has 2 aliphatic rings. The monoisotopic (exact) mass is 466 g/mol. The average molecular weight is 467 g/mol. The van der Waals surface area contributed by atoms with Crippen LogP contribution >= 0.6 is 15.9 Å². The number of carbonyl (C=O) groups is 2. The van der Waals surface area contributed by atoms with Gasteiger partial charge in [-0.2, -0.15) is 5.10 Å². The van der Waals surface area contributed by atoms with Gasteiger partial charge in [-0.3, -0.25) is 9.48 Å². The number of hydrogen-bond acceptors (Lipinski definition) is 5. The van der Waals surface area contributed by atoms with Gasteiger partial charge in [0.15, 0.2) is 0 Å². The van der Waals surface area contributed by atoms with Gasteiger partial charge in [-0.15, -0.1) is 0 Å². The Balaban J connectivity index is 1.59. The zero-order chi connectivity index (χ0) is 21.3. The molecule has 1 spiro atoms. The average Bonchev–Trinajstić information content (AvgIpc) is 2.88. The Labute approximate surface area is 181 Å². The molecule has 1 aliphatic heterocycles. The normalized spacial score (nSPS) is 18.4. The van der Waals surface area contributed by atoms with E-state index in [0.717, 1.165) is 54.6 Å². The molecule has 1 amide bonds. The van der Waals surface area contributed by atoms with E-state index >= 15 is 0 Å². The lowest BCUT2D eigenvalue weighted by Gasteiger charge is -2.58. The highest BCUT2D eigenvalue weighted by atomic mass is 79.9. The summed E-state index contributed by atoms with van der Waals surface area (Å²) in [6.07, 6.45) is 5.30. The Hall–Kier alpha value is -1.83. The highest BCUT2D eigenvalue weighted by Crippen LogP contribution is 2.54. The molecule has 1 aromatic rings. The Morgan fingerprint density at radius 2 is 2.00 bits per heavy atom. The van der Waals surface area contributed by atoms with E-state index in [1.807, 2.05) is 37.5 Å². The van der Waals surface area contributed by atoms with Crippen molar-refractivity contribution in [2.45, 2.75) is 52.5 Å². The van der Waals surface area contributed by atoms with Crippen LogP contribution in [-0.4, -0.2) is 65.2 Å². The molecule has 7 nitrogen and oxygen atoms in total.